The van der Waals surface area contributed by atoms with Crippen LogP contribution < -0.4 is 10.6 Å². The summed E-state index contributed by atoms with van der Waals surface area (Å²) in [4.78, 5) is 7.49. The lowest BCUT2D eigenvalue weighted by atomic mass is 10.1. The van der Waals surface area contributed by atoms with E-state index in [0.29, 0.717) is 18.0 Å². The third kappa shape index (κ3) is 9.07. The molecule has 32 heavy (non-hydrogen) atoms. The van der Waals surface area contributed by atoms with E-state index in [2.05, 4.69) is 53.6 Å². The van der Waals surface area contributed by atoms with E-state index < -0.39 is 9.84 Å². The zero-order valence-electron chi connectivity index (χ0n) is 19.8. The highest BCUT2D eigenvalue weighted by Gasteiger charge is 2.11. The second-order valence-electron chi connectivity index (χ2n) is 7.70. The molecular weight excluding hydrogens is 535 g/mol. The zero-order valence-corrected chi connectivity index (χ0v) is 23.0. The van der Waals surface area contributed by atoms with E-state index >= 15 is 0 Å². The van der Waals surface area contributed by atoms with E-state index in [4.69, 9.17) is 4.99 Å². The highest BCUT2D eigenvalue weighted by atomic mass is 127. The van der Waals surface area contributed by atoms with Gasteiger partial charge in [-0.15, -0.1) is 24.0 Å². The van der Waals surface area contributed by atoms with Gasteiger partial charge in [0.15, 0.2) is 15.8 Å². The second kappa shape index (κ2) is 13.8. The summed E-state index contributed by atoms with van der Waals surface area (Å²) in [5.74, 6) is 0.737. The van der Waals surface area contributed by atoms with Crippen molar-refractivity contribution < 1.29 is 8.42 Å². The first-order valence-electron chi connectivity index (χ1n) is 10.9. The molecule has 2 aromatic rings. The number of halogens is 1. The second-order valence-corrected chi connectivity index (χ2v) is 9.69. The number of nitrogens with one attached hydrogen (secondary N) is 2. The summed E-state index contributed by atoms with van der Waals surface area (Å²) in [7, 11) is -3.20. The number of benzene rings is 2. The molecule has 0 amide bonds. The van der Waals surface area contributed by atoms with Crippen molar-refractivity contribution in [2.75, 3.05) is 25.9 Å². The topological polar surface area (TPSA) is 73.8 Å². The summed E-state index contributed by atoms with van der Waals surface area (Å²) in [6, 6.07) is 14.0. The van der Waals surface area contributed by atoms with Crippen molar-refractivity contribution in [2.45, 2.75) is 52.2 Å². The van der Waals surface area contributed by atoms with Gasteiger partial charge in [0, 0.05) is 25.9 Å². The number of guanidine groups is 1. The molecule has 0 atom stereocenters. The molecular formula is C24H37IN4O2S. The van der Waals surface area contributed by atoms with Crippen molar-refractivity contribution in [3.8, 4) is 0 Å². The van der Waals surface area contributed by atoms with Gasteiger partial charge in [-0.25, -0.2) is 13.4 Å². The minimum Gasteiger partial charge on any atom is -0.357 e. The van der Waals surface area contributed by atoms with Gasteiger partial charge in [-0.1, -0.05) is 50.2 Å². The van der Waals surface area contributed by atoms with Crippen molar-refractivity contribution in [1.29, 1.82) is 0 Å². The van der Waals surface area contributed by atoms with Gasteiger partial charge >= 0.3 is 0 Å². The van der Waals surface area contributed by atoms with Crippen molar-refractivity contribution in [1.82, 2.24) is 15.5 Å². The van der Waals surface area contributed by atoms with E-state index in [1.54, 1.807) is 6.07 Å². The molecule has 0 fully saturated rings. The lowest BCUT2D eigenvalue weighted by Gasteiger charge is -2.18. The van der Waals surface area contributed by atoms with Gasteiger partial charge in [0.2, 0.25) is 0 Å². The van der Waals surface area contributed by atoms with Gasteiger partial charge in [0.05, 0.1) is 11.4 Å². The number of nitrogens with zero attached hydrogens (tertiary/aromatic N) is 2. The van der Waals surface area contributed by atoms with Crippen molar-refractivity contribution in [3.63, 3.8) is 0 Å². The monoisotopic (exact) mass is 572 g/mol. The first kappa shape index (κ1) is 28.4. The normalized spacial score (nSPS) is 11.9. The van der Waals surface area contributed by atoms with Crippen LogP contribution in [0.1, 0.15) is 43.0 Å². The average Bonchev–Trinajstić information content (AvgIpc) is 2.73. The molecule has 8 heteroatoms. The van der Waals surface area contributed by atoms with E-state index in [-0.39, 0.29) is 24.0 Å². The molecule has 0 saturated heterocycles. The number of aliphatic imine (C=N–C) groups is 1. The Labute approximate surface area is 210 Å². The van der Waals surface area contributed by atoms with Crippen LogP contribution in [0.3, 0.4) is 0 Å². The van der Waals surface area contributed by atoms with Gasteiger partial charge in [-0.3, -0.25) is 4.90 Å². The molecule has 0 aliphatic carbocycles. The Morgan fingerprint density at radius 1 is 0.969 bits per heavy atom. The smallest absolute Gasteiger partial charge is 0.191 e. The lowest BCUT2D eigenvalue weighted by molar-refractivity contribution is 0.296. The minimum atomic E-state index is -3.20. The van der Waals surface area contributed by atoms with Crippen molar-refractivity contribution in [3.05, 3.63) is 64.7 Å². The van der Waals surface area contributed by atoms with Crippen LogP contribution in [0.2, 0.25) is 0 Å². The van der Waals surface area contributed by atoms with E-state index in [9.17, 15) is 8.42 Å². The standard InChI is InChI=1S/C24H36N4O2S.HI/c1-6-25-24(27-17-21-12-13-23(19(4)14-21)31(5,29)30)26-16-20-10-9-11-22(15-20)18-28(7-2)8-3;/h9-15H,6-8,16-18H2,1-5H3,(H2,25,26,27);1H. The van der Waals surface area contributed by atoms with Crippen LogP contribution in [-0.2, 0) is 29.5 Å². The predicted octanol–water partition coefficient (Wildman–Crippen LogP) is 4.11. The Morgan fingerprint density at radius 3 is 2.25 bits per heavy atom. The summed E-state index contributed by atoms with van der Waals surface area (Å²) in [5.41, 5.74) is 4.25. The first-order chi connectivity index (χ1) is 14.8. The van der Waals surface area contributed by atoms with Crippen molar-refractivity contribution >= 4 is 39.8 Å². The SMILES string of the molecule is CCNC(=NCc1cccc(CN(CC)CC)c1)NCc1ccc(S(C)(=O)=O)c(C)c1.I. The van der Waals surface area contributed by atoms with Crippen molar-refractivity contribution in [2.24, 2.45) is 4.99 Å². The largest absolute Gasteiger partial charge is 0.357 e. The van der Waals surface area contributed by atoms with Crippen LogP contribution in [-0.4, -0.2) is 45.2 Å². The molecule has 2 N–H and O–H groups in total. The Balaban J connectivity index is 0.00000512. The quantitative estimate of drug-likeness (QED) is 0.255. The van der Waals surface area contributed by atoms with Crippen LogP contribution in [0.25, 0.3) is 0 Å². The molecule has 0 spiro atoms. The van der Waals surface area contributed by atoms with Crippen LogP contribution >= 0.6 is 24.0 Å². The summed E-state index contributed by atoms with van der Waals surface area (Å²) in [6.45, 7) is 13.2. The van der Waals surface area contributed by atoms with E-state index in [0.717, 1.165) is 43.3 Å². The zero-order chi connectivity index (χ0) is 22.9. The number of sulfone groups is 1. The maximum Gasteiger partial charge on any atom is 0.191 e. The molecule has 0 aromatic heterocycles. The summed E-state index contributed by atoms with van der Waals surface area (Å²) in [5, 5.41) is 6.61. The highest BCUT2D eigenvalue weighted by Crippen LogP contribution is 2.16. The minimum absolute atomic E-state index is 0. The molecule has 0 bridgehead atoms. The summed E-state index contributed by atoms with van der Waals surface area (Å²) < 4.78 is 23.6. The number of hydrogen-bond donors (Lipinski definition) is 2. The highest BCUT2D eigenvalue weighted by molar-refractivity contribution is 14.0. The van der Waals surface area contributed by atoms with Crippen LogP contribution in [0.15, 0.2) is 52.4 Å². The number of aryl methyl sites for hydroxylation is 1. The molecule has 0 unspecified atom stereocenters. The third-order valence-electron chi connectivity index (χ3n) is 5.15. The predicted molar refractivity (Wildman–Crippen MR) is 144 cm³/mol. The molecule has 2 aromatic carbocycles. The molecule has 0 aliphatic heterocycles. The summed E-state index contributed by atoms with van der Waals surface area (Å²) in [6.07, 6.45) is 1.24. The summed E-state index contributed by atoms with van der Waals surface area (Å²) >= 11 is 0. The molecule has 2 rings (SSSR count). The molecule has 0 heterocycles. The van der Waals surface area contributed by atoms with E-state index in [1.807, 2.05) is 26.0 Å². The average molecular weight is 573 g/mol. The van der Waals surface area contributed by atoms with Crippen LogP contribution in [0, 0.1) is 6.92 Å². The maximum absolute atomic E-state index is 11.8. The number of hydrogen-bond acceptors (Lipinski definition) is 4. The Hall–Kier alpha value is -1.65. The Morgan fingerprint density at radius 2 is 1.66 bits per heavy atom. The molecule has 6 nitrogen and oxygen atoms in total. The van der Waals surface area contributed by atoms with Gasteiger partial charge in [-0.05, 0) is 55.3 Å². The van der Waals surface area contributed by atoms with Gasteiger partial charge in [-0.2, -0.15) is 0 Å². The first-order valence-corrected chi connectivity index (χ1v) is 12.8. The van der Waals surface area contributed by atoms with Gasteiger partial charge in [0.25, 0.3) is 0 Å². The molecule has 178 valence electrons. The Bertz CT molecular complexity index is 989. The molecule has 0 saturated carbocycles. The molecule has 0 aliphatic rings. The number of rotatable bonds is 10. The van der Waals surface area contributed by atoms with Crippen LogP contribution in [0.4, 0.5) is 0 Å². The maximum atomic E-state index is 11.8. The molecule has 0 radical (unpaired) electrons. The van der Waals surface area contributed by atoms with Gasteiger partial charge in [0.1, 0.15) is 0 Å². The fourth-order valence-corrected chi connectivity index (χ4v) is 4.43. The van der Waals surface area contributed by atoms with E-state index in [1.165, 1.54) is 17.4 Å². The fraction of sp³-hybridized carbons (Fsp3) is 0.458. The van der Waals surface area contributed by atoms with Crippen LogP contribution in [0.5, 0.6) is 0 Å². The third-order valence-corrected chi connectivity index (χ3v) is 6.41. The fourth-order valence-electron chi connectivity index (χ4n) is 3.47. The lowest BCUT2D eigenvalue weighted by Crippen LogP contribution is -2.36. The van der Waals surface area contributed by atoms with Gasteiger partial charge < -0.3 is 10.6 Å². The Kier molecular flexibility index (Phi) is 12.2.